The zero-order valence-corrected chi connectivity index (χ0v) is 23.1. The Hall–Kier alpha value is -3.18. The topological polar surface area (TPSA) is 119 Å². The molecular weight excluding hydrogens is 500 g/mol. The number of hydrogen-bond donors (Lipinski definition) is 3. The number of aliphatic hydroxyl groups excluding tert-OH is 1. The lowest BCUT2D eigenvalue weighted by Crippen LogP contribution is -2.51. The number of amides is 2. The van der Waals surface area contributed by atoms with Crippen LogP contribution in [0.25, 0.3) is 0 Å². The molecule has 0 radical (unpaired) electrons. The summed E-state index contributed by atoms with van der Waals surface area (Å²) in [7, 11) is 0. The Morgan fingerprint density at radius 3 is 2.74 bits per heavy atom. The molecule has 3 atom stereocenters. The molecule has 3 N–H and O–H groups in total. The van der Waals surface area contributed by atoms with E-state index in [4.69, 9.17) is 4.99 Å². The first-order valence-corrected chi connectivity index (χ1v) is 13.1. The van der Waals surface area contributed by atoms with Gasteiger partial charge in [0.1, 0.15) is 11.7 Å². The van der Waals surface area contributed by atoms with E-state index in [9.17, 15) is 9.90 Å². The summed E-state index contributed by atoms with van der Waals surface area (Å²) in [6.45, 7) is 7.93. The first kappa shape index (κ1) is 26.4. The van der Waals surface area contributed by atoms with Crippen molar-refractivity contribution in [1.29, 1.82) is 0 Å². The van der Waals surface area contributed by atoms with Crippen LogP contribution in [0.1, 0.15) is 50.4 Å². The summed E-state index contributed by atoms with van der Waals surface area (Å²) in [5, 5.41) is 16.3. The molecule has 4 heterocycles. The zero-order valence-electron chi connectivity index (χ0n) is 22.1. The van der Waals surface area contributed by atoms with Gasteiger partial charge in [0.05, 0.1) is 31.3 Å². The maximum atomic E-state index is 13.3. The predicted octanol–water partition coefficient (Wildman–Crippen LogP) is 2.73. The molecule has 3 aliphatic heterocycles. The van der Waals surface area contributed by atoms with E-state index in [0.29, 0.717) is 42.6 Å². The van der Waals surface area contributed by atoms with Crippen LogP contribution < -0.4 is 15.5 Å². The van der Waals surface area contributed by atoms with Crippen LogP contribution in [0.2, 0.25) is 0 Å². The number of amidine groups is 1. The highest BCUT2D eigenvalue weighted by Gasteiger charge is 2.48. The lowest BCUT2D eigenvalue weighted by Gasteiger charge is -2.34. The molecule has 6 rings (SSSR count). The highest BCUT2D eigenvalue weighted by molar-refractivity contribution is 7.59. The number of carbonyl (C=O) groups is 1. The summed E-state index contributed by atoms with van der Waals surface area (Å²) in [4.78, 5) is 35.7. The van der Waals surface area contributed by atoms with Gasteiger partial charge in [-0.2, -0.15) is 28.4 Å². The number of urea groups is 1. The average molecular weight is 537 g/mol. The number of carbonyl (C=O) groups excluding carboxylic acids is 1. The highest BCUT2D eigenvalue weighted by atomic mass is 32.1. The number of nitrogens with one attached hydrogen (secondary N) is 2. The Bertz CT molecular complexity index is 1280. The first-order chi connectivity index (χ1) is 17.8. The largest absolute Gasteiger partial charge is 0.394 e. The molecule has 1 saturated heterocycles. The number of aryl methyl sites for hydroxylation is 1. The molecule has 2 fully saturated rings. The molecule has 1 aromatic heterocycles. The second kappa shape index (κ2) is 10.2. The Labute approximate surface area is 230 Å². The fourth-order valence-corrected chi connectivity index (χ4v) is 5.89. The van der Waals surface area contributed by atoms with E-state index in [1.807, 2.05) is 34.9 Å². The van der Waals surface area contributed by atoms with Gasteiger partial charge < -0.3 is 25.5 Å². The molecule has 1 unspecified atom stereocenters. The van der Waals surface area contributed by atoms with Gasteiger partial charge in [0.15, 0.2) is 0 Å². The normalized spacial score (nSPS) is 25.2. The van der Waals surface area contributed by atoms with Gasteiger partial charge in [-0.15, -0.1) is 0 Å². The SMILES string of the molecule is Cc1nc(NC2=NCC3=C2CN(C(=O)NC2C[C@@H]2c2ccccc2)C3(C)C)nc(N2CCC[C@H]2CO)n1.S. The fraction of sp³-hybridized carbons (Fsp3) is 0.519. The van der Waals surface area contributed by atoms with E-state index < -0.39 is 5.54 Å². The Kier molecular flexibility index (Phi) is 7.08. The molecule has 11 heteroatoms. The monoisotopic (exact) mass is 536 g/mol. The van der Waals surface area contributed by atoms with E-state index in [0.717, 1.165) is 37.0 Å². The van der Waals surface area contributed by atoms with Crippen molar-refractivity contribution in [2.75, 3.05) is 36.5 Å². The van der Waals surface area contributed by atoms with Crippen molar-refractivity contribution in [3.63, 3.8) is 0 Å². The molecule has 1 aliphatic carbocycles. The summed E-state index contributed by atoms with van der Waals surface area (Å²) in [6, 6.07) is 10.5. The lowest BCUT2D eigenvalue weighted by molar-refractivity contribution is 0.170. The Morgan fingerprint density at radius 2 is 1.97 bits per heavy atom. The minimum absolute atomic E-state index is 0. The summed E-state index contributed by atoms with van der Waals surface area (Å²) in [5.41, 5.74) is 3.02. The molecule has 0 bridgehead atoms. The van der Waals surface area contributed by atoms with Gasteiger partial charge in [-0.1, -0.05) is 30.3 Å². The van der Waals surface area contributed by atoms with E-state index in [1.165, 1.54) is 5.56 Å². The second-order valence-electron chi connectivity index (χ2n) is 10.9. The number of aliphatic hydroxyl groups is 1. The third-order valence-corrected chi connectivity index (χ3v) is 8.16. The summed E-state index contributed by atoms with van der Waals surface area (Å²) >= 11 is 0. The average Bonchev–Trinajstić information content (AvgIpc) is 3.19. The predicted molar refractivity (Wildman–Crippen MR) is 152 cm³/mol. The maximum Gasteiger partial charge on any atom is 0.318 e. The van der Waals surface area contributed by atoms with E-state index in [-0.39, 0.29) is 38.2 Å². The summed E-state index contributed by atoms with van der Waals surface area (Å²) in [6.07, 6.45) is 2.90. The lowest BCUT2D eigenvalue weighted by atomic mass is 9.94. The molecule has 2 aromatic rings. The quantitative estimate of drug-likeness (QED) is 0.538. The van der Waals surface area contributed by atoms with E-state index >= 15 is 0 Å². The molecule has 4 aliphatic rings. The van der Waals surface area contributed by atoms with E-state index in [2.05, 4.69) is 51.6 Å². The molecule has 202 valence electrons. The smallest absolute Gasteiger partial charge is 0.318 e. The number of rotatable bonds is 5. The molecule has 38 heavy (non-hydrogen) atoms. The third kappa shape index (κ3) is 4.73. The Morgan fingerprint density at radius 1 is 1.18 bits per heavy atom. The highest BCUT2D eigenvalue weighted by Crippen LogP contribution is 2.42. The zero-order chi connectivity index (χ0) is 25.7. The third-order valence-electron chi connectivity index (χ3n) is 8.16. The van der Waals surface area contributed by atoms with Crippen LogP contribution >= 0.6 is 13.5 Å². The minimum atomic E-state index is -0.437. The molecule has 10 nitrogen and oxygen atoms in total. The van der Waals surface area contributed by atoms with Crippen LogP contribution in [-0.2, 0) is 0 Å². The molecule has 0 spiro atoms. The second-order valence-corrected chi connectivity index (χ2v) is 10.9. The van der Waals surface area contributed by atoms with Crippen LogP contribution in [0.3, 0.4) is 0 Å². The van der Waals surface area contributed by atoms with Crippen molar-refractivity contribution in [1.82, 2.24) is 25.2 Å². The van der Waals surface area contributed by atoms with Crippen molar-refractivity contribution >= 4 is 37.3 Å². The van der Waals surface area contributed by atoms with Gasteiger partial charge in [-0.25, -0.2) is 4.79 Å². The van der Waals surface area contributed by atoms with Crippen molar-refractivity contribution < 1.29 is 9.90 Å². The number of aromatic nitrogens is 3. The molecule has 2 amide bonds. The van der Waals surface area contributed by atoms with Gasteiger partial charge in [-0.3, -0.25) is 4.99 Å². The van der Waals surface area contributed by atoms with Crippen LogP contribution in [0, 0.1) is 6.92 Å². The number of anilines is 2. The molecule has 1 aromatic carbocycles. The van der Waals surface area contributed by atoms with Crippen molar-refractivity contribution in [2.24, 2.45) is 4.99 Å². The standard InChI is InChI=1S/C27H34N8O2.H2S/c1-16-29-24(33-25(30-16)34-11-7-10-18(34)15-36)32-23-20-14-35(27(2,3)21(20)13-28-23)26(37)31-22-12-19(22)17-8-5-4-6-9-17;/h4-6,8-9,18-19,22,36H,7,10-15H2,1-3H3,(H,31,37)(H,28,29,30,32,33);1H2/t18-,19+,22?;/m0./s1. The summed E-state index contributed by atoms with van der Waals surface area (Å²) < 4.78 is 0. The van der Waals surface area contributed by atoms with Crippen LogP contribution in [-0.4, -0.2) is 80.7 Å². The number of nitrogens with zero attached hydrogens (tertiary/aromatic N) is 6. The van der Waals surface area contributed by atoms with Gasteiger partial charge in [-0.05, 0) is 51.2 Å². The van der Waals surface area contributed by atoms with Crippen molar-refractivity contribution in [3.05, 3.63) is 52.9 Å². The van der Waals surface area contributed by atoms with Crippen molar-refractivity contribution in [3.8, 4) is 0 Å². The summed E-state index contributed by atoms with van der Waals surface area (Å²) in [5.74, 6) is 2.71. The van der Waals surface area contributed by atoms with Crippen LogP contribution in [0.4, 0.5) is 16.7 Å². The van der Waals surface area contributed by atoms with E-state index in [1.54, 1.807) is 0 Å². The van der Waals surface area contributed by atoms with Gasteiger partial charge in [0.25, 0.3) is 0 Å². The van der Waals surface area contributed by atoms with Crippen molar-refractivity contribution in [2.45, 2.75) is 63.6 Å². The molecular formula is C27H36N8O2S. The van der Waals surface area contributed by atoms with Gasteiger partial charge in [0, 0.05) is 24.1 Å². The minimum Gasteiger partial charge on any atom is -0.394 e. The Balaban J connectivity index is 0.00000294. The van der Waals surface area contributed by atoms with Crippen LogP contribution in [0.5, 0.6) is 0 Å². The first-order valence-electron chi connectivity index (χ1n) is 13.1. The van der Waals surface area contributed by atoms with Gasteiger partial charge in [0.2, 0.25) is 11.9 Å². The fourth-order valence-electron chi connectivity index (χ4n) is 5.89. The number of hydrogen-bond acceptors (Lipinski definition) is 8. The maximum absolute atomic E-state index is 13.3. The van der Waals surface area contributed by atoms with Gasteiger partial charge >= 0.3 is 6.03 Å². The number of aliphatic imine (C=N–C) groups is 1. The van der Waals surface area contributed by atoms with Crippen LogP contribution in [0.15, 0.2) is 46.5 Å². The molecule has 1 saturated carbocycles. The number of benzene rings is 1.